The van der Waals surface area contributed by atoms with Crippen LogP contribution < -0.4 is 5.32 Å². The van der Waals surface area contributed by atoms with E-state index in [4.69, 9.17) is 4.74 Å². The molecule has 0 aliphatic heterocycles. The normalized spacial score (nSPS) is 12.0. The number of hydrogen-bond donors (Lipinski definition) is 1. The summed E-state index contributed by atoms with van der Waals surface area (Å²) in [6.45, 7) is 1.48. The van der Waals surface area contributed by atoms with Gasteiger partial charge in [0.2, 0.25) is 0 Å². The van der Waals surface area contributed by atoms with Crippen LogP contribution in [0.1, 0.15) is 12.5 Å². The van der Waals surface area contributed by atoms with Gasteiger partial charge in [0.15, 0.2) is 6.10 Å². The summed E-state index contributed by atoms with van der Waals surface area (Å²) in [5.74, 6) is -1.44. The van der Waals surface area contributed by atoms with Crippen LogP contribution in [0.5, 0.6) is 0 Å². The first kappa shape index (κ1) is 17.9. The van der Waals surface area contributed by atoms with Crippen LogP contribution >= 0.6 is 15.9 Å². The number of ether oxygens (including phenoxy) is 1. The summed E-state index contributed by atoms with van der Waals surface area (Å²) < 4.78 is 18.7. The lowest BCUT2D eigenvalue weighted by Crippen LogP contribution is -2.29. The minimum absolute atomic E-state index is 0.354. The van der Waals surface area contributed by atoms with Crippen molar-refractivity contribution in [3.8, 4) is 0 Å². The van der Waals surface area contributed by atoms with E-state index in [-0.39, 0.29) is 5.82 Å². The molecule has 1 N–H and O–H groups in total. The third-order valence-electron chi connectivity index (χ3n) is 3.06. The van der Waals surface area contributed by atoms with Crippen LogP contribution in [-0.4, -0.2) is 18.0 Å². The minimum atomic E-state index is -0.945. The van der Waals surface area contributed by atoms with Crippen molar-refractivity contribution in [1.29, 1.82) is 0 Å². The highest BCUT2D eigenvalue weighted by atomic mass is 79.9. The van der Waals surface area contributed by atoms with Crippen LogP contribution in [0.2, 0.25) is 0 Å². The molecule has 0 bridgehead atoms. The Bertz CT molecular complexity index is 742. The van der Waals surface area contributed by atoms with E-state index >= 15 is 0 Å². The summed E-state index contributed by atoms with van der Waals surface area (Å²) in [6.07, 6.45) is 1.73. The molecule has 2 aromatic rings. The van der Waals surface area contributed by atoms with Crippen molar-refractivity contribution in [2.45, 2.75) is 13.0 Å². The Labute approximate surface area is 147 Å². The van der Waals surface area contributed by atoms with E-state index in [1.807, 2.05) is 0 Å². The van der Waals surface area contributed by atoms with E-state index in [0.29, 0.717) is 11.3 Å². The zero-order chi connectivity index (χ0) is 17.5. The Hall–Kier alpha value is -2.47. The van der Waals surface area contributed by atoms with E-state index in [0.717, 1.165) is 4.47 Å². The zero-order valence-corrected chi connectivity index (χ0v) is 14.4. The van der Waals surface area contributed by atoms with Crippen molar-refractivity contribution in [2.75, 3.05) is 5.32 Å². The van der Waals surface area contributed by atoms with Gasteiger partial charge in [-0.25, -0.2) is 9.18 Å². The Morgan fingerprint density at radius 2 is 1.75 bits per heavy atom. The third-order valence-corrected chi connectivity index (χ3v) is 3.58. The second kappa shape index (κ2) is 8.40. The van der Waals surface area contributed by atoms with Crippen LogP contribution in [0.4, 0.5) is 10.1 Å². The summed E-state index contributed by atoms with van der Waals surface area (Å²) >= 11 is 3.30. The standard InChI is InChI=1S/C18H15BrFNO3/c1-12(18(23)21-16-9-5-14(19)6-10-16)24-17(22)11-4-13-2-7-15(20)8-3-13/h2-12H,1H3,(H,21,23)/b11-4+/t12-/m1/s1. The molecular weight excluding hydrogens is 377 g/mol. The number of esters is 1. The number of benzene rings is 2. The number of rotatable bonds is 5. The predicted octanol–water partition coefficient (Wildman–Crippen LogP) is 4.17. The molecule has 0 saturated carbocycles. The Kier molecular flexibility index (Phi) is 6.26. The average molecular weight is 392 g/mol. The van der Waals surface area contributed by atoms with Gasteiger partial charge in [-0.05, 0) is 55.0 Å². The molecule has 4 nitrogen and oxygen atoms in total. The number of halogens is 2. The molecule has 0 saturated heterocycles. The number of anilines is 1. The first-order chi connectivity index (χ1) is 11.4. The van der Waals surface area contributed by atoms with Crippen molar-refractivity contribution >= 4 is 39.6 Å². The fourth-order valence-electron chi connectivity index (χ4n) is 1.78. The largest absolute Gasteiger partial charge is 0.449 e. The quantitative estimate of drug-likeness (QED) is 0.614. The fourth-order valence-corrected chi connectivity index (χ4v) is 2.05. The van der Waals surface area contributed by atoms with Gasteiger partial charge in [0.1, 0.15) is 5.82 Å². The summed E-state index contributed by atoms with van der Waals surface area (Å²) in [6, 6.07) is 12.7. The Morgan fingerprint density at radius 3 is 2.38 bits per heavy atom. The maximum atomic E-state index is 12.8. The van der Waals surface area contributed by atoms with Crippen LogP contribution in [0.3, 0.4) is 0 Å². The first-order valence-electron chi connectivity index (χ1n) is 7.15. The summed E-state index contributed by atoms with van der Waals surface area (Å²) in [4.78, 5) is 23.7. The van der Waals surface area contributed by atoms with Gasteiger partial charge < -0.3 is 10.1 Å². The molecule has 0 aromatic heterocycles. The maximum Gasteiger partial charge on any atom is 0.331 e. The molecule has 1 amide bonds. The third kappa shape index (κ3) is 5.62. The highest BCUT2D eigenvalue weighted by molar-refractivity contribution is 9.10. The Balaban J connectivity index is 1.87. The molecule has 0 fully saturated rings. The molecule has 0 heterocycles. The van der Waals surface area contributed by atoms with Crippen molar-refractivity contribution < 1.29 is 18.7 Å². The first-order valence-corrected chi connectivity index (χ1v) is 7.94. The highest BCUT2D eigenvalue weighted by Gasteiger charge is 2.16. The number of carbonyl (C=O) groups excluding carboxylic acids is 2. The van der Waals surface area contributed by atoms with E-state index in [2.05, 4.69) is 21.2 Å². The second-order valence-electron chi connectivity index (χ2n) is 4.96. The minimum Gasteiger partial charge on any atom is -0.449 e. The van der Waals surface area contributed by atoms with Gasteiger partial charge >= 0.3 is 5.97 Å². The smallest absolute Gasteiger partial charge is 0.331 e. The van der Waals surface area contributed by atoms with Crippen LogP contribution in [0, 0.1) is 5.82 Å². The zero-order valence-electron chi connectivity index (χ0n) is 12.8. The van der Waals surface area contributed by atoms with Crippen molar-refractivity contribution in [3.05, 3.63) is 70.5 Å². The molecule has 124 valence electrons. The van der Waals surface area contributed by atoms with Crippen molar-refractivity contribution in [1.82, 2.24) is 0 Å². The highest BCUT2D eigenvalue weighted by Crippen LogP contribution is 2.14. The van der Waals surface area contributed by atoms with Gasteiger partial charge in [-0.2, -0.15) is 0 Å². The van der Waals surface area contributed by atoms with Gasteiger partial charge in [-0.1, -0.05) is 28.1 Å². The number of nitrogens with one attached hydrogen (secondary N) is 1. The van der Waals surface area contributed by atoms with Gasteiger partial charge in [-0.15, -0.1) is 0 Å². The number of hydrogen-bond acceptors (Lipinski definition) is 3. The number of carbonyl (C=O) groups is 2. The van der Waals surface area contributed by atoms with Gasteiger partial charge in [0.25, 0.3) is 5.91 Å². The molecule has 2 aromatic carbocycles. The molecule has 24 heavy (non-hydrogen) atoms. The molecular formula is C18H15BrFNO3. The van der Waals surface area contributed by atoms with Crippen LogP contribution in [0.25, 0.3) is 6.08 Å². The molecule has 0 unspecified atom stereocenters. The van der Waals surface area contributed by atoms with E-state index in [1.165, 1.54) is 43.3 Å². The summed E-state index contributed by atoms with van der Waals surface area (Å²) in [7, 11) is 0. The number of amides is 1. The monoisotopic (exact) mass is 391 g/mol. The summed E-state index contributed by atoms with van der Waals surface area (Å²) in [5, 5.41) is 2.65. The van der Waals surface area contributed by atoms with Gasteiger partial charge in [-0.3, -0.25) is 4.79 Å². The topological polar surface area (TPSA) is 55.4 Å². The van der Waals surface area contributed by atoms with Crippen LogP contribution in [0.15, 0.2) is 59.1 Å². The molecule has 6 heteroatoms. The molecule has 1 atom stereocenters. The molecule has 2 rings (SSSR count). The van der Waals surface area contributed by atoms with Crippen molar-refractivity contribution in [2.24, 2.45) is 0 Å². The molecule has 0 aliphatic carbocycles. The fraction of sp³-hybridized carbons (Fsp3) is 0.111. The van der Waals surface area contributed by atoms with E-state index < -0.39 is 18.0 Å². The molecule has 0 radical (unpaired) electrons. The van der Waals surface area contributed by atoms with E-state index in [9.17, 15) is 14.0 Å². The summed E-state index contributed by atoms with van der Waals surface area (Å²) in [5.41, 5.74) is 1.26. The lowest BCUT2D eigenvalue weighted by Gasteiger charge is -2.12. The van der Waals surface area contributed by atoms with Crippen molar-refractivity contribution in [3.63, 3.8) is 0 Å². The van der Waals surface area contributed by atoms with Gasteiger partial charge in [0.05, 0.1) is 0 Å². The predicted molar refractivity (Wildman–Crippen MR) is 93.8 cm³/mol. The SMILES string of the molecule is C[C@@H](OC(=O)/C=C/c1ccc(F)cc1)C(=O)Nc1ccc(Br)cc1. The van der Waals surface area contributed by atoms with E-state index in [1.54, 1.807) is 24.3 Å². The lowest BCUT2D eigenvalue weighted by molar-refractivity contribution is -0.148. The second-order valence-corrected chi connectivity index (χ2v) is 5.88. The average Bonchev–Trinajstić information content (AvgIpc) is 2.56. The Morgan fingerprint density at radius 1 is 1.12 bits per heavy atom. The van der Waals surface area contributed by atoms with Crippen LogP contribution in [-0.2, 0) is 14.3 Å². The maximum absolute atomic E-state index is 12.8. The van der Waals surface area contributed by atoms with Gasteiger partial charge in [0, 0.05) is 16.2 Å². The molecule has 0 spiro atoms. The molecule has 0 aliphatic rings. The lowest BCUT2D eigenvalue weighted by atomic mass is 10.2.